The molecular weight excluding hydrogens is 240 g/mol. The maximum absolute atomic E-state index is 12.9. The van der Waals surface area contributed by atoms with Crippen molar-refractivity contribution in [2.75, 3.05) is 14.2 Å². The molecule has 0 bridgehead atoms. The summed E-state index contributed by atoms with van der Waals surface area (Å²) in [5, 5.41) is 0. The van der Waals surface area contributed by atoms with Crippen LogP contribution < -0.4 is 15.2 Å². The normalized spacial score (nSPS) is 11.8. The minimum atomic E-state index is -2.59. The van der Waals surface area contributed by atoms with Crippen LogP contribution in [0.25, 0.3) is 0 Å². The third-order valence-electron chi connectivity index (χ3n) is 2.51. The SMILES string of the molecule is COc1cc(OC)c(C(F)F)cc1CC(C)(C)N. The van der Waals surface area contributed by atoms with E-state index in [9.17, 15) is 8.78 Å². The van der Waals surface area contributed by atoms with Gasteiger partial charge in [-0.25, -0.2) is 8.78 Å². The number of nitrogens with two attached hydrogens (primary N) is 1. The molecule has 102 valence electrons. The molecule has 0 atom stereocenters. The molecule has 1 aromatic carbocycles. The van der Waals surface area contributed by atoms with Gasteiger partial charge in [-0.1, -0.05) is 0 Å². The molecule has 0 unspecified atom stereocenters. The highest BCUT2D eigenvalue weighted by molar-refractivity contribution is 5.47. The Balaban J connectivity index is 3.27. The van der Waals surface area contributed by atoms with Gasteiger partial charge in [-0.2, -0.15) is 0 Å². The van der Waals surface area contributed by atoms with Crippen molar-refractivity contribution < 1.29 is 18.3 Å². The number of rotatable bonds is 5. The van der Waals surface area contributed by atoms with Gasteiger partial charge in [0, 0.05) is 11.6 Å². The van der Waals surface area contributed by atoms with Crippen molar-refractivity contribution in [3.63, 3.8) is 0 Å². The second kappa shape index (κ2) is 5.52. The molecule has 0 saturated carbocycles. The Morgan fingerprint density at radius 1 is 1.17 bits per heavy atom. The maximum Gasteiger partial charge on any atom is 0.267 e. The Hall–Kier alpha value is -1.36. The van der Waals surface area contributed by atoms with E-state index in [1.807, 2.05) is 13.8 Å². The minimum absolute atomic E-state index is 0.125. The number of benzene rings is 1. The number of ether oxygens (including phenoxy) is 2. The molecule has 5 heteroatoms. The summed E-state index contributed by atoms with van der Waals surface area (Å²) in [5.74, 6) is 0.634. The van der Waals surface area contributed by atoms with Gasteiger partial charge in [0.15, 0.2) is 0 Å². The second-order valence-electron chi connectivity index (χ2n) is 4.87. The van der Waals surface area contributed by atoms with E-state index >= 15 is 0 Å². The predicted molar refractivity (Wildman–Crippen MR) is 66.5 cm³/mol. The van der Waals surface area contributed by atoms with E-state index in [0.717, 1.165) is 0 Å². The third kappa shape index (κ3) is 3.57. The van der Waals surface area contributed by atoms with Gasteiger partial charge in [0.2, 0.25) is 0 Å². The molecule has 0 amide bonds. The highest BCUT2D eigenvalue weighted by atomic mass is 19.3. The lowest BCUT2D eigenvalue weighted by molar-refractivity contribution is 0.146. The summed E-state index contributed by atoms with van der Waals surface area (Å²) in [6.45, 7) is 3.66. The van der Waals surface area contributed by atoms with E-state index in [2.05, 4.69) is 0 Å². The van der Waals surface area contributed by atoms with Crippen molar-refractivity contribution in [2.45, 2.75) is 32.2 Å². The molecule has 0 spiro atoms. The molecular formula is C13H19F2NO2. The molecule has 0 aliphatic heterocycles. The van der Waals surface area contributed by atoms with Crippen LogP contribution in [0, 0.1) is 0 Å². The van der Waals surface area contributed by atoms with Gasteiger partial charge in [0.05, 0.1) is 19.8 Å². The first-order valence-electron chi connectivity index (χ1n) is 5.60. The zero-order valence-corrected chi connectivity index (χ0v) is 11.1. The topological polar surface area (TPSA) is 44.5 Å². The van der Waals surface area contributed by atoms with Crippen LogP contribution in [0.15, 0.2) is 12.1 Å². The molecule has 0 aromatic heterocycles. The molecule has 0 aliphatic carbocycles. The van der Waals surface area contributed by atoms with Crippen LogP contribution in [0.2, 0.25) is 0 Å². The van der Waals surface area contributed by atoms with E-state index in [1.165, 1.54) is 26.4 Å². The van der Waals surface area contributed by atoms with Crippen molar-refractivity contribution in [3.05, 3.63) is 23.3 Å². The van der Waals surface area contributed by atoms with Gasteiger partial charge in [-0.3, -0.25) is 0 Å². The molecule has 0 aliphatic rings. The second-order valence-corrected chi connectivity index (χ2v) is 4.87. The average molecular weight is 259 g/mol. The lowest BCUT2D eigenvalue weighted by Gasteiger charge is -2.21. The number of alkyl halides is 2. The highest BCUT2D eigenvalue weighted by Gasteiger charge is 2.21. The first kappa shape index (κ1) is 14.7. The fraction of sp³-hybridized carbons (Fsp3) is 0.538. The number of hydrogen-bond acceptors (Lipinski definition) is 3. The summed E-state index contributed by atoms with van der Waals surface area (Å²) >= 11 is 0. The summed E-state index contributed by atoms with van der Waals surface area (Å²) in [7, 11) is 2.84. The minimum Gasteiger partial charge on any atom is -0.496 e. The van der Waals surface area contributed by atoms with Crippen LogP contribution in [-0.4, -0.2) is 19.8 Å². The number of halogens is 2. The van der Waals surface area contributed by atoms with Gasteiger partial charge in [0.25, 0.3) is 6.43 Å². The van der Waals surface area contributed by atoms with Crippen molar-refractivity contribution in [1.29, 1.82) is 0 Å². The van der Waals surface area contributed by atoms with Gasteiger partial charge in [-0.15, -0.1) is 0 Å². The van der Waals surface area contributed by atoms with Gasteiger partial charge in [0.1, 0.15) is 11.5 Å². The van der Waals surface area contributed by atoms with Crippen molar-refractivity contribution in [1.82, 2.24) is 0 Å². The summed E-state index contributed by atoms with van der Waals surface area (Å²) < 4.78 is 36.0. The maximum atomic E-state index is 12.9. The number of hydrogen-bond donors (Lipinski definition) is 1. The van der Waals surface area contributed by atoms with Crippen LogP contribution in [0.5, 0.6) is 11.5 Å². The molecule has 1 rings (SSSR count). The van der Waals surface area contributed by atoms with E-state index in [4.69, 9.17) is 15.2 Å². The fourth-order valence-corrected chi connectivity index (χ4v) is 1.79. The molecule has 1 aromatic rings. The summed E-state index contributed by atoms with van der Waals surface area (Å²) in [6, 6.07) is 2.87. The van der Waals surface area contributed by atoms with Gasteiger partial charge < -0.3 is 15.2 Å². The monoisotopic (exact) mass is 259 g/mol. The van der Waals surface area contributed by atoms with Crippen LogP contribution >= 0.6 is 0 Å². The first-order valence-corrected chi connectivity index (χ1v) is 5.60. The smallest absolute Gasteiger partial charge is 0.267 e. The predicted octanol–water partition coefficient (Wildman–Crippen LogP) is 2.92. The Labute approximate surface area is 106 Å². The Morgan fingerprint density at radius 3 is 2.11 bits per heavy atom. The Bertz CT molecular complexity index is 414. The Morgan fingerprint density at radius 2 is 1.72 bits per heavy atom. The molecule has 2 N–H and O–H groups in total. The van der Waals surface area contributed by atoms with Crippen molar-refractivity contribution >= 4 is 0 Å². The number of methoxy groups -OCH3 is 2. The lowest BCUT2D eigenvalue weighted by Crippen LogP contribution is -2.34. The largest absolute Gasteiger partial charge is 0.496 e. The lowest BCUT2D eigenvalue weighted by atomic mass is 9.94. The van der Waals surface area contributed by atoms with Crippen molar-refractivity contribution in [2.24, 2.45) is 5.73 Å². The molecule has 0 fully saturated rings. The summed E-state index contributed by atoms with van der Waals surface area (Å²) in [6.07, 6.45) is -2.15. The van der Waals surface area contributed by atoms with E-state index in [1.54, 1.807) is 0 Å². The summed E-state index contributed by atoms with van der Waals surface area (Å²) in [5.41, 5.74) is 5.93. The highest BCUT2D eigenvalue weighted by Crippen LogP contribution is 2.36. The Kier molecular flexibility index (Phi) is 4.51. The van der Waals surface area contributed by atoms with Crippen LogP contribution in [0.1, 0.15) is 31.4 Å². The van der Waals surface area contributed by atoms with E-state index in [0.29, 0.717) is 17.7 Å². The third-order valence-corrected chi connectivity index (χ3v) is 2.51. The molecule has 3 nitrogen and oxygen atoms in total. The van der Waals surface area contributed by atoms with Crippen molar-refractivity contribution in [3.8, 4) is 11.5 Å². The fourth-order valence-electron chi connectivity index (χ4n) is 1.79. The quantitative estimate of drug-likeness (QED) is 0.884. The summed E-state index contributed by atoms with van der Waals surface area (Å²) in [4.78, 5) is 0. The zero-order valence-electron chi connectivity index (χ0n) is 11.1. The molecule has 0 radical (unpaired) electrons. The van der Waals surface area contributed by atoms with Crippen LogP contribution in [0.4, 0.5) is 8.78 Å². The molecule has 18 heavy (non-hydrogen) atoms. The van der Waals surface area contributed by atoms with Crippen LogP contribution in [-0.2, 0) is 6.42 Å². The standard InChI is InChI=1S/C13H19F2NO2/c1-13(2,16)7-8-5-9(12(14)15)11(18-4)6-10(8)17-3/h5-6,12H,7,16H2,1-4H3. The van der Waals surface area contributed by atoms with E-state index < -0.39 is 12.0 Å². The zero-order chi connectivity index (χ0) is 13.9. The average Bonchev–Trinajstić information content (AvgIpc) is 2.26. The van der Waals surface area contributed by atoms with Crippen LogP contribution in [0.3, 0.4) is 0 Å². The molecule has 0 heterocycles. The molecule has 0 saturated heterocycles. The van der Waals surface area contributed by atoms with E-state index in [-0.39, 0.29) is 11.3 Å². The van der Waals surface area contributed by atoms with Gasteiger partial charge in [-0.05, 0) is 31.9 Å². The first-order chi connectivity index (χ1) is 8.28. The van der Waals surface area contributed by atoms with Gasteiger partial charge >= 0.3 is 0 Å².